The Morgan fingerprint density at radius 2 is 1.96 bits per heavy atom. The highest BCUT2D eigenvalue weighted by atomic mass is 16.5. The Morgan fingerprint density at radius 3 is 2.79 bits per heavy atom. The van der Waals surface area contributed by atoms with E-state index in [1.165, 1.54) is 81.0 Å². The van der Waals surface area contributed by atoms with Crippen LogP contribution in [-0.2, 0) is 11.2 Å². The maximum Gasteiger partial charge on any atom is 0.0892 e. The van der Waals surface area contributed by atoms with Crippen LogP contribution in [0, 0.1) is 11.8 Å². The molecule has 4 rings (SSSR count). The van der Waals surface area contributed by atoms with Gasteiger partial charge < -0.3 is 10.1 Å². The average molecular weight is 328 g/mol. The fraction of sp³-hybridized carbons (Fsp3) is 0.727. The van der Waals surface area contributed by atoms with Gasteiger partial charge in [-0.05, 0) is 56.1 Å². The van der Waals surface area contributed by atoms with Gasteiger partial charge in [-0.3, -0.25) is 0 Å². The summed E-state index contributed by atoms with van der Waals surface area (Å²) in [5, 5.41) is 3.97. The van der Waals surface area contributed by atoms with Crippen LogP contribution in [0.15, 0.2) is 18.2 Å². The molecule has 0 bridgehead atoms. The summed E-state index contributed by atoms with van der Waals surface area (Å²) in [5.41, 5.74) is 4.29. The van der Waals surface area contributed by atoms with Gasteiger partial charge in [-0.15, -0.1) is 0 Å². The maximum absolute atomic E-state index is 6.35. The molecule has 3 atom stereocenters. The predicted molar refractivity (Wildman–Crippen MR) is 100 cm³/mol. The fourth-order valence-corrected chi connectivity index (χ4v) is 5.26. The van der Waals surface area contributed by atoms with Gasteiger partial charge >= 0.3 is 0 Å². The van der Waals surface area contributed by atoms with Crippen molar-refractivity contribution < 1.29 is 4.74 Å². The molecule has 3 aliphatic rings. The predicted octanol–water partition coefficient (Wildman–Crippen LogP) is 5.87. The number of rotatable bonds is 4. The van der Waals surface area contributed by atoms with E-state index in [1.54, 1.807) is 0 Å². The second kappa shape index (κ2) is 7.47. The second-order valence-corrected chi connectivity index (χ2v) is 8.19. The first-order valence-corrected chi connectivity index (χ1v) is 10.4. The third kappa shape index (κ3) is 3.22. The van der Waals surface area contributed by atoms with Crippen LogP contribution in [0.3, 0.4) is 0 Å². The molecule has 0 radical (unpaired) electrons. The minimum atomic E-state index is 0.337. The minimum absolute atomic E-state index is 0.337. The molecule has 2 heterocycles. The van der Waals surface area contributed by atoms with Crippen molar-refractivity contribution >= 4 is 5.69 Å². The molecular formula is C22H33NO. The van der Waals surface area contributed by atoms with Crippen molar-refractivity contribution in [2.45, 2.75) is 83.3 Å². The lowest BCUT2D eigenvalue weighted by Gasteiger charge is -2.47. The molecule has 132 valence electrons. The molecule has 0 aromatic heterocycles. The molecule has 1 aromatic carbocycles. The molecule has 2 aliphatic heterocycles. The summed E-state index contributed by atoms with van der Waals surface area (Å²) >= 11 is 0. The quantitative estimate of drug-likeness (QED) is 0.746. The van der Waals surface area contributed by atoms with Gasteiger partial charge in [-0.25, -0.2) is 0 Å². The number of nitrogens with one attached hydrogen (secondary N) is 1. The molecule has 0 unspecified atom stereocenters. The molecular weight excluding hydrogens is 294 g/mol. The van der Waals surface area contributed by atoms with Crippen LogP contribution < -0.4 is 5.32 Å². The highest BCUT2D eigenvalue weighted by Gasteiger charge is 2.42. The van der Waals surface area contributed by atoms with Crippen LogP contribution in [0.2, 0.25) is 0 Å². The number of benzene rings is 1. The number of aryl methyl sites for hydroxylation is 1. The second-order valence-electron chi connectivity index (χ2n) is 8.19. The summed E-state index contributed by atoms with van der Waals surface area (Å²) in [7, 11) is 0. The van der Waals surface area contributed by atoms with E-state index in [2.05, 4.69) is 30.4 Å². The van der Waals surface area contributed by atoms with Crippen LogP contribution in [0.5, 0.6) is 0 Å². The molecule has 1 N–H and O–H groups in total. The topological polar surface area (TPSA) is 21.3 Å². The van der Waals surface area contributed by atoms with E-state index in [0.717, 1.165) is 12.5 Å². The summed E-state index contributed by atoms with van der Waals surface area (Å²) in [6.07, 6.45) is 13.7. The van der Waals surface area contributed by atoms with Gasteiger partial charge in [0.05, 0.1) is 6.10 Å². The molecule has 1 saturated carbocycles. The van der Waals surface area contributed by atoms with Crippen molar-refractivity contribution in [3.05, 3.63) is 29.3 Å². The smallest absolute Gasteiger partial charge is 0.0892 e. The first-order chi connectivity index (χ1) is 11.9. The van der Waals surface area contributed by atoms with Gasteiger partial charge in [-0.2, -0.15) is 0 Å². The zero-order valence-corrected chi connectivity index (χ0v) is 15.2. The van der Waals surface area contributed by atoms with E-state index in [-0.39, 0.29) is 0 Å². The van der Waals surface area contributed by atoms with E-state index in [4.69, 9.17) is 4.74 Å². The van der Waals surface area contributed by atoms with Gasteiger partial charge in [0, 0.05) is 29.8 Å². The summed E-state index contributed by atoms with van der Waals surface area (Å²) in [6.45, 7) is 3.21. The lowest BCUT2D eigenvalue weighted by Crippen LogP contribution is -2.46. The van der Waals surface area contributed by atoms with E-state index < -0.39 is 0 Å². The van der Waals surface area contributed by atoms with Gasteiger partial charge in [0.25, 0.3) is 0 Å². The molecule has 2 heteroatoms. The molecule has 0 spiro atoms. The molecule has 1 saturated heterocycles. The lowest BCUT2D eigenvalue weighted by atomic mass is 9.71. The Kier molecular flexibility index (Phi) is 5.12. The summed E-state index contributed by atoms with van der Waals surface area (Å²) in [6, 6.07) is 7.75. The zero-order valence-electron chi connectivity index (χ0n) is 15.2. The third-order valence-electron chi connectivity index (χ3n) is 6.55. The summed E-state index contributed by atoms with van der Waals surface area (Å²) in [4.78, 5) is 0. The summed E-state index contributed by atoms with van der Waals surface area (Å²) < 4.78 is 6.35. The van der Waals surface area contributed by atoms with E-state index in [0.29, 0.717) is 18.1 Å². The van der Waals surface area contributed by atoms with Crippen LogP contribution >= 0.6 is 0 Å². The van der Waals surface area contributed by atoms with Crippen molar-refractivity contribution in [3.8, 4) is 0 Å². The van der Waals surface area contributed by atoms with Gasteiger partial charge in [0.2, 0.25) is 0 Å². The third-order valence-corrected chi connectivity index (χ3v) is 6.55. The molecule has 24 heavy (non-hydrogen) atoms. The van der Waals surface area contributed by atoms with E-state index >= 15 is 0 Å². The Hall–Kier alpha value is -1.02. The Morgan fingerprint density at radius 1 is 1.08 bits per heavy atom. The van der Waals surface area contributed by atoms with Crippen molar-refractivity contribution in [1.82, 2.24) is 0 Å². The van der Waals surface area contributed by atoms with Crippen LogP contribution in [0.4, 0.5) is 5.69 Å². The van der Waals surface area contributed by atoms with Gasteiger partial charge in [0.15, 0.2) is 0 Å². The van der Waals surface area contributed by atoms with Crippen LogP contribution in [0.25, 0.3) is 0 Å². The van der Waals surface area contributed by atoms with Crippen molar-refractivity contribution in [3.63, 3.8) is 0 Å². The fourth-order valence-electron chi connectivity index (χ4n) is 5.26. The Labute approximate surface area is 147 Å². The van der Waals surface area contributed by atoms with Gasteiger partial charge in [-0.1, -0.05) is 44.7 Å². The number of ether oxygens (including phenoxy) is 1. The number of hydrogen-bond acceptors (Lipinski definition) is 2. The number of unbranched alkanes of at least 4 members (excludes halogenated alkanes) is 1. The number of anilines is 1. The molecule has 1 aliphatic carbocycles. The molecule has 2 fully saturated rings. The Bertz CT molecular complexity index is 549. The number of fused-ring (bicyclic) bond motifs is 3. The van der Waals surface area contributed by atoms with E-state index in [1.807, 2.05) is 0 Å². The van der Waals surface area contributed by atoms with Crippen LogP contribution in [0.1, 0.15) is 81.9 Å². The molecule has 1 aromatic rings. The first-order valence-electron chi connectivity index (χ1n) is 10.4. The molecule has 2 nitrogen and oxygen atoms in total. The Balaban J connectivity index is 1.61. The monoisotopic (exact) mass is 327 g/mol. The van der Waals surface area contributed by atoms with Gasteiger partial charge in [0.1, 0.15) is 0 Å². The first kappa shape index (κ1) is 16.4. The lowest BCUT2D eigenvalue weighted by molar-refractivity contribution is -0.0458. The average Bonchev–Trinajstić information content (AvgIpc) is 2.66. The standard InChI is InChI=1S/C22H33NO/c1-2-3-8-16-12-13-20-19(15-16)22-18(11-7-14-24-22)21(23-20)17-9-5-4-6-10-17/h12-13,15,17-18,21-23H,2-11,14H2,1H3/t18-,21+,22-/m0/s1. The normalized spacial score (nSPS) is 30.3. The highest BCUT2D eigenvalue weighted by molar-refractivity contribution is 5.57. The maximum atomic E-state index is 6.35. The van der Waals surface area contributed by atoms with Crippen LogP contribution in [-0.4, -0.2) is 12.6 Å². The number of hydrogen-bond donors (Lipinski definition) is 1. The molecule has 0 amide bonds. The minimum Gasteiger partial charge on any atom is -0.381 e. The van der Waals surface area contributed by atoms with Crippen molar-refractivity contribution in [2.75, 3.05) is 11.9 Å². The SMILES string of the molecule is CCCCc1ccc2c(c1)[C@H]1OCCC[C@H]1[C@@H](C1CCCCC1)N2. The van der Waals surface area contributed by atoms with Crippen molar-refractivity contribution in [1.29, 1.82) is 0 Å². The highest BCUT2D eigenvalue weighted by Crippen LogP contribution is 2.47. The summed E-state index contributed by atoms with van der Waals surface area (Å²) in [5.74, 6) is 1.52. The largest absolute Gasteiger partial charge is 0.381 e. The van der Waals surface area contributed by atoms with E-state index in [9.17, 15) is 0 Å². The zero-order chi connectivity index (χ0) is 16.4. The van der Waals surface area contributed by atoms with Crippen molar-refractivity contribution in [2.24, 2.45) is 11.8 Å².